The van der Waals surface area contributed by atoms with Crippen molar-refractivity contribution < 1.29 is 4.73 Å². The molecule has 0 atom stereocenters. The van der Waals surface area contributed by atoms with E-state index in [2.05, 4.69) is 17.6 Å². The highest BCUT2D eigenvalue weighted by Crippen LogP contribution is 2.25. The lowest BCUT2D eigenvalue weighted by Gasteiger charge is -2.11. The fraction of sp³-hybridized carbons (Fsp3) is 0.308. The van der Waals surface area contributed by atoms with Gasteiger partial charge in [0.1, 0.15) is 5.69 Å². The first-order valence-corrected chi connectivity index (χ1v) is 5.90. The third-order valence-corrected chi connectivity index (χ3v) is 2.61. The molecule has 0 aliphatic rings. The summed E-state index contributed by atoms with van der Waals surface area (Å²) in [6.45, 7) is 5.72. The van der Waals surface area contributed by atoms with Gasteiger partial charge in [0, 0.05) is 24.8 Å². The van der Waals surface area contributed by atoms with Crippen molar-refractivity contribution in [1.29, 1.82) is 0 Å². The van der Waals surface area contributed by atoms with Gasteiger partial charge in [0.25, 0.3) is 0 Å². The van der Waals surface area contributed by atoms with Crippen LogP contribution in [0.15, 0.2) is 30.5 Å². The minimum absolute atomic E-state index is 0.691. The number of fused-ring (bicyclic) bond motifs is 1. The second kappa shape index (κ2) is 4.91. The van der Waals surface area contributed by atoms with Crippen molar-refractivity contribution in [2.45, 2.75) is 13.8 Å². The number of hydrogen-bond donors (Lipinski definition) is 2. The molecule has 4 nitrogen and oxygen atoms in total. The van der Waals surface area contributed by atoms with Gasteiger partial charge in [-0.15, -0.1) is 0 Å². The lowest BCUT2D eigenvalue weighted by molar-refractivity contribution is -0.576. The molecule has 0 spiro atoms. The van der Waals surface area contributed by atoms with E-state index in [1.807, 2.05) is 25.1 Å². The second-order valence-electron chi connectivity index (χ2n) is 3.86. The van der Waals surface area contributed by atoms with Crippen LogP contribution in [0.25, 0.3) is 10.9 Å². The Balaban J connectivity index is 2.63. The molecule has 0 aliphatic carbocycles. The summed E-state index contributed by atoms with van der Waals surface area (Å²) >= 11 is 0. The summed E-state index contributed by atoms with van der Waals surface area (Å²) < 4.78 is 0.906. The summed E-state index contributed by atoms with van der Waals surface area (Å²) in [6.07, 6.45) is 1.52. The quantitative estimate of drug-likeness (QED) is 0.627. The van der Waals surface area contributed by atoms with Crippen molar-refractivity contribution in [2.75, 3.05) is 23.7 Å². The minimum Gasteiger partial charge on any atom is -0.618 e. The normalized spacial score (nSPS) is 10.5. The maximum absolute atomic E-state index is 11.8. The minimum atomic E-state index is 0.691. The molecule has 1 aromatic heterocycles. The Kier molecular flexibility index (Phi) is 3.32. The van der Waals surface area contributed by atoms with Crippen molar-refractivity contribution in [1.82, 2.24) is 0 Å². The molecule has 0 bridgehead atoms. The Labute approximate surface area is 101 Å². The zero-order chi connectivity index (χ0) is 12.3. The van der Waals surface area contributed by atoms with Gasteiger partial charge in [0.15, 0.2) is 6.20 Å². The summed E-state index contributed by atoms with van der Waals surface area (Å²) in [5, 5.41) is 19.2. The Bertz CT molecular complexity index is 525. The molecule has 4 heteroatoms. The first-order chi connectivity index (χ1) is 8.26. The van der Waals surface area contributed by atoms with Gasteiger partial charge in [-0.1, -0.05) is 0 Å². The molecule has 90 valence electrons. The number of anilines is 2. The van der Waals surface area contributed by atoms with Gasteiger partial charge in [0.2, 0.25) is 5.52 Å². The lowest BCUT2D eigenvalue weighted by atomic mass is 10.1. The molecule has 2 rings (SSSR count). The summed E-state index contributed by atoms with van der Waals surface area (Å²) in [6, 6.07) is 7.68. The van der Waals surface area contributed by atoms with Gasteiger partial charge in [-0.2, -0.15) is 4.73 Å². The first-order valence-electron chi connectivity index (χ1n) is 5.90. The van der Waals surface area contributed by atoms with Crippen LogP contribution in [-0.2, 0) is 0 Å². The average Bonchev–Trinajstić information content (AvgIpc) is 2.29. The first kappa shape index (κ1) is 11.5. The van der Waals surface area contributed by atoms with Crippen LogP contribution in [0.5, 0.6) is 0 Å². The Morgan fingerprint density at radius 2 is 1.94 bits per heavy atom. The van der Waals surface area contributed by atoms with Gasteiger partial charge < -0.3 is 15.8 Å². The van der Waals surface area contributed by atoms with Crippen molar-refractivity contribution in [3.63, 3.8) is 0 Å². The molecule has 0 saturated carbocycles. The Morgan fingerprint density at radius 3 is 2.65 bits per heavy atom. The van der Waals surface area contributed by atoms with Crippen LogP contribution >= 0.6 is 0 Å². The van der Waals surface area contributed by atoms with Crippen LogP contribution in [0.3, 0.4) is 0 Å². The fourth-order valence-corrected chi connectivity index (χ4v) is 1.96. The standard InChI is InChI=1S/C13H17N3O/c1-3-14-11-8-10-6-5-7-16(17)13(10)12(9-11)15-4-2/h5-9,14-15H,3-4H2,1-2H3. The predicted octanol–water partition coefficient (Wildman–Crippen LogP) is 2.34. The Morgan fingerprint density at radius 1 is 1.18 bits per heavy atom. The summed E-state index contributed by atoms with van der Waals surface area (Å²) in [5.74, 6) is 0. The smallest absolute Gasteiger partial charge is 0.247 e. The molecular weight excluding hydrogens is 214 g/mol. The number of aromatic nitrogens is 1. The van der Waals surface area contributed by atoms with E-state index >= 15 is 0 Å². The van der Waals surface area contributed by atoms with Gasteiger partial charge >= 0.3 is 0 Å². The topological polar surface area (TPSA) is 51.0 Å². The third kappa shape index (κ3) is 2.25. The van der Waals surface area contributed by atoms with Crippen LogP contribution in [0.2, 0.25) is 0 Å². The van der Waals surface area contributed by atoms with E-state index in [-0.39, 0.29) is 0 Å². The molecule has 1 heterocycles. The molecule has 17 heavy (non-hydrogen) atoms. The number of nitrogens with one attached hydrogen (secondary N) is 2. The monoisotopic (exact) mass is 231 g/mol. The molecule has 2 aromatic rings. The SMILES string of the molecule is CCNc1cc(NCC)c2c(ccc[n+]2[O-])c1. The molecule has 2 N–H and O–H groups in total. The zero-order valence-corrected chi connectivity index (χ0v) is 10.2. The molecule has 0 unspecified atom stereocenters. The molecule has 0 fully saturated rings. The van der Waals surface area contributed by atoms with E-state index in [9.17, 15) is 5.21 Å². The number of nitrogens with zero attached hydrogens (tertiary/aromatic N) is 1. The second-order valence-corrected chi connectivity index (χ2v) is 3.86. The third-order valence-electron chi connectivity index (χ3n) is 2.61. The van der Waals surface area contributed by atoms with Crippen LogP contribution in [-0.4, -0.2) is 13.1 Å². The summed E-state index contributed by atoms with van der Waals surface area (Å²) in [7, 11) is 0. The molecule has 0 amide bonds. The van der Waals surface area contributed by atoms with Crippen molar-refractivity contribution >= 4 is 22.3 Å². The molecule has 0 saturated heterocycles. The van der Waals surface area contributed by atoms with Crippen molar-refractivity contribution in [3.05, 3.63) is 35.7 Å². The van der Waals surface area contributed by atoms with E-state index in [1.165, 1.54) is 6.20 Å². The Hall–Kier alpha value is -1.97. The van der Waals surface area contributed by atoms with Crippen LogP contribution in [0, 0.1) is 5.21 Å². The maximum Gasteiger partial charge on any atom is 0.247 e. The summed E-state index contributed by atoms with van der Waals surface area (Å²) in [4.78, 5) is 0. The van der Waals surface area contributed by atoms with Gasteiger partial charge in [-0.3, -0.25) is 0 Å². The van der Waals surface area contributed by atoms with Gasteiger partial charge in [-0.05, 0) is 32.0 Å². The van der Waals surface area contributed by atoms with Crippen LogP contribution < -0.4 is 15.4 Å². The predicted molar refractivity (Wildman–Crippen MR) is 71.2 cm³/mol. The number of pyridine rings is 1. The number of hydrogen-bond acceptors (Lipinski definition) is 3. The molecule has 0 aliphatic heterocycles. The zero-order valence-electron chi connectivity index (χ0n) is 10.2. The van der Waals surface area contributed by atoms with Gasteiger partial charge in [0.05, 0.1) is 5.39 Å². The highest BCUT2D eigenvalue weighted by molar-refractivity contribution is 5.91. The molecular formula is C13H17N3O. The highest BCUT2D eigenvalue weighted by Gasteiger charge is 2.10. The van der Waals surface area contributed by atoms with E-state index in [4.69, 9.17) is 0 Å². The van der Waals surface area contributed by atoms with E-state index in [0.29, 0.717) is 5.52 Å². The molecule has 0 radical (unpaired) electrons. The van der Waals surface area contributed by atoms with E-state index < -0.39 is 0 Å². The van der Waals surface area contributed by atoms with Gasteiger partial charge in [-0.25, -0.2) is 0 Å². The largest absolute Gasteiger partial charge is 0.618 e. The number of benzene rings is 1. The van der Waals surface area contributed by atoms with Crippen molar-refractivity contribution in [3.8, 4) is 0 Å². The van der Waals surface area contributed by atoms with Crippen LogP contribution in [0.1, 0.15) is 13.8 Å². The lowest BCUT2D eigenvalue weighted by Crippen LogP contribution is -2.27. The van der Waals surface area contributed by atoms with Crippen molar-refractivity contribution in [2.24, 2.45) is 0 Å². The number of rotatable bonds is 4. The van der Waals surface area contributed by atoms with Crippen LogP contribution in [0.4, 0.5) is 11.4 Å². The highest BCUT2D eigenvalue weighted by atomic mass is 16.5. The fourth-order valence-electron chi connectivity index (χ4n) is 1.96. The van der Waals surface area contributed by atoms with E-state index in [1.54, 1.807) is 6.07 Å². The average molecular weight is 231 g/mol. The van der Waals surface area contributed by atoms with E-state index in [0.717, 1.165) is 34.6 Å². The maximum atomic E-state index is 11.8. The molecule has 1 aromatic carbocycles. The summed E-state index contributed by atoms with van der Waals surface area (Å²) in [5.41, 5.74) is 2.59.